The molecule has 0 nitrogen and oxygen atoms in total. The van der Waals surface area contributed by atoms with E-state index >= 15 is 0 Å². The zero-order valence-electron chi connectivity index (χ0n) is 8.98. The lowest BCUT2D eigenvalue weighted by atomic mass is 10.0. The van der Waals surface area contributed by atoms with Gasteiger partial charge in [-0.15, -0.1) is 5.92 Å². The molecule has 0 heterocycles. The van der Waals surface area contributed by atoms with Crippen LogP contribution < -0.4 is 0 Å². The van der Waals surface area contributed by atoms with Gasteiger partial charge in [0.15, 0.2) is 0 Å². The molecule has 80 valence electrons. The predicted octanol–water partition coefficient (Wildman–Crippen LogP) is 4.18. The van der Waals surface area contributed by atoms with E-state index in [1.165, 1.54) is 6.07 Å². The van der Waals surface area contributed by atoms with Crippen LogP contribution in [0.5, 0.6) is 0 Å². The molecule has 0 bridgehead atoms. The first-order valence-corrected chi connectivity index (χ1v) is 5.85. The van der Waals surface area contributed by atoms with Crippen LogP contribution in [-0.4, -0.2) is 0 Å². The molecule has 0 radical (unpaired) electrons. The minimum Gasteiger partial charge on any atom is -0.207 e. The maximum Gasteiger partial charge on any atom is 0.126 e. The van der Waals surface area contributed by atoms with Crippen molar-refractivity contribution in [1.29, 1.82) is 0 Å². The quantitative estimate of drug-likeness (QED) is 0.706. The molecule has 0 saturated carbocycles. The largest absolute Gasteiger partial charge is 0.207 e. The number of halogens is 2. The van der Waals surface area contributed by atoms with E-state index in [-0.39, 0.29) is 11.7 Å². The van der Waals surface area contributed by atoms with E-state index in [1.54, 1.807) is 6.07 Å². The van der Waals surface area contributed by atoms with Gasteiger partial charge in [0, 0.05) is 16.8 Å². The van der Waals surface area contributed by atoms with E-state index in [4.69, 9.17) is 0 Å². The summed E-state index contributed by atoms with van der Waals surface area (Å²) >= 11 is 3.34. The van der Waals surface area contributed by atoms with Gasteiger partial charge < -0.3 is 0 Å². The molecule has 15 heavy (non-hydrogen) atoms. The van der Waals surface area contributed by atoms with Crippen molar-refractivity contribution in [3.8, 4) is 11.8 Å². The maximum absolute atomic E-state index is 13.4. The Morgan fingerprint density at radius 1 is 1.47 bits per heavy atom. The van der Waals surface area contributed by atoms with Gasteiger partial charge in [-0.05, 0) is 30.2 Å². The van der Waals surface area contributed by atoms with Gasteiger partial charge in [0.1, 0.15) is 5.82 Å². The van der Waals surface area contributed by atoms with E-state index in [2.05, 4.69) is 27.8 Å². The molecule has 0 amide bonds. The Labute approximate surface area is 99.0 Å². The summed E-state index contributed by atoms with van der Waals surface area (Å²) in [6, 6.07) is 5.01. The van der Waals surface area contributed by atoms with E-state index in [0.29, 0.717) is 6.42 Å². The first-order chi connectivity index (χ1) is 7.13. The van der Waals surface area contributed by atoms with E-state index in [9.17, 15) is 4.39 Å². The van der Waals surface area contributed by atoms with Crippen molar-refractivity contribution in [2.75, 3.05) is 0 Å². The lowest BCUT2D eigenvalue weighted by Crippen LogP contribution is -1.99. The van der Waals surface area contributed by atoms with Crippen molar-refractivity contribution in [3.05, 3.63) is 34.1 Å². The van der Waals surface area contributed by atoms with Crippen molar-refractivity contribution < 1.29 is 4.39 Å². The van der Waals surface area contributed by atoms with Crippen LogP contribution in [0.25, 0.3) is 0 Å². The monoisotopic (exact) mass is 268 g/mol. The third kappa shape index (κ3) is 4.05. The Morgan fingerprint density at radius 3 is 2.87 bits per heavy atom. The number of hydrogen-bond donors (Lipinski definition) is 0. The number of rotatable bonds is 2. The molecular formula is C13H14BrF. The summed E-state index contributed by atoms with van der Waals surface area (Å²) in [5.41, 5.74) is 0.724. The smallest absolute Gasteiger partial charge is 0.126 e. The summed E-state index contributed by atoms with van der Waals surface area (Å²) < 4.78 is 14.3. The summed E-state index contributed by atoms with van der Waals surface area (Å²) in [6.45, 7) is 4.03. The second-order valence-electron chi connectivity index (χ2n) is 3.52. The van der Waals surface area contributed by atoms with Crippen molar-refractivity contribution in [2.24, 2.45) is 5.92 Å². The van der Waals surface area contributed by atoms with Gasteiger partial charge in [-0.1, -0.05) is 35.7 Å². The van der Waals surface area contributed by atoms with E-state index in [1.807, 2.05) is 19.9 Å². The third-order valence-electron chi connectivity index (χ3n) is 2.06. The molecule has 0 spiro atoms. The van der Waals surface area contributed by atoms with Gasteiger partial charge >= 0.3 is 0 Å². The Hall–Kier alpha value is -0.810. The van der Waals surface area contributed by atoms with Crippen LogP contribution in [0, 0.1) is 23.6 Å². The molecule has 0 aliphatic heterocycles. The van der Waals surface area contributed by atoms with Gasteiger partial charge in [0.25, 0.3) is 0 Å². The Bertz CT molecular complexity index is 387. The van der Waals surface area contributed by atoms with Gasteiger partial charge in [-0.25, -0.2) is 4.39 Å². The molecule has 0 aromatic heterocycles. The topological polar surface area (TPSA) is 0 Å². The Balaban J connectivity index is 2.75. The van der Waals surface area contributed by atoms with Crippen molar-refractivity contribution in [1.82, 2.24) is 0 Å². The molecule has 0 saturated heterocycles. The Morgan fingerprint density at radius 2 is 2.20 bits per heavy atom. The van der Waals surface area contributed by atoms with Gasteiger partial charge in [-0.3, -0.25) is 0 Å². The van der Waals surface area contributed by atoms with Crippen molar-refractivity contribution in [3.63, 3.8) is 0 Å². The summed E-state index contributed by atoms with van der Waals surface area (Å²) in [4.78, 5) is 0. The van der Waals surface area contributed by atoms with Gasteiger partial charge in [0.05, 0.1) is 0 Å². The van der Waals surface area contributed by atoms with Crippen molar-refractivity contribution in [2.45, 2.75) is 26.7 Å². The second kappa shape index (κ2) is 5.92. The lowest BCUT2D eigenvalue weighted by molar-refractivity contribution is 0.595. The molecule has 0 aliphatic rings. The minimum absolute atomic E-state index is 0.150. The molecule has 0 aliphatic carbocycles. The predicted molar refractivity (Wildman–Crippen MR) is 65.0 cm³/mol. The van der Waals surface area contributed by atoms with Crippen LogP contribution in [0.1, 0.15) is 25.8 Å². The van der Waals surface area contributed by atoms with E-state index in [0.717, 1.165) is 16.5 Å². The van der Waals surface area contributed by atoms with E-state index < -0.39 is 0 Å². The highest BCUT2D eigenvalue weighted by Gasteiger charge is 2.06. The molecule has 1 aromatic carbocycles. The highest BCUT2D eigenvalue weighted by Crippen LogP contribution is 2.18. The lowest BCUT2D eigenvalue weighted by Gasteiger charge is -2.06. The normalized spacial score (nSPS) is 11.7. The highest BCUT2D eigenvalue weighted by atomic mass is 79.9. The van der Waals surface area contributed by atoms with Crippen LogP contribution in [0.4, 0.5) is 4.39 Å². The molecule has 1 rings (SSSR count). The van der Waals surface area contributed by atoms with Crippen LogP contribution in [0.15, 0.2) is 22.7 Å². The summed E-state index contributed by atoms with van der Waals surface area (Å²) in [5.74, 6) is 6.17. The molecule has 0 N–H and O–H groups in total. The zero-order chi connectivity index (χ0) is 11.3. The van der Waals surface area contributed by atoms with Crippen LogP contribution in [0.3, 0.4) is 0 Å². The van der Waals surface area contributed by atoms with Crippen LogP contribution >= 0.6 is 15.9 Å². The van der Waals surface area contributed by atoms with Gasteiger partial charge in [0.2, 0.25) is 0 Å². The van der Waals surface area contributed by atoms with Crippen LogP contribution in [0.2, 0.25) is 0 Å². The first kappa shape index (κ1) is 12.3. The molecular weight excluding hydrogens is 255 g/mol. The molecule has 1 aromatic rings. The van der Waals surface area contributed by atoms with Crippen molar-refractivity contribution >= 4 is 15.9 Å². The fourth-order valence-corrected chi connectivity index (χ4v) is 1.77. The SMILES string of the molecule is CCC#CC(C)Cc1cc(Br)ccc1F. The first-order valence-electron chi connectivity index (χ1n) is 5.05. The molecule has 1 unspecified atom stereocenters. The molecule has 1 atom stereocenters. The average molecular weight is 269 g/mol. The fourth-order valence-electron chi connectivity index (χ4n) is 1.36. The summed E-state index contributed by atoms with van der Waals surface area (Å²) in [5, 5.41) is 0. The molecule has 0 fully saturated rings. The van der Waals surface area contributed by atoms with Gasteiger partial charge in [-0.2, -0.15) is 0 Å². The maximum atomic E-state index is 13.4. The third-order valence-corrected chi connectivity index (χ3v) is 2.55. The second-order valence-corrected chi connectivity index (χ2v) is 4.43. The Kier molecular flexibility index (Phi) is 4.84. The summed E-state index contributed by atoms with van der Waals surface area (Å²) in [6.07, 6.45) is 1.52. The fraction of sp³-hybridized carbons (Fsp3) is 0.385. The summed E-state index contributed by atoms with van der Waals surface area (Å²) in [7, 11) is 0. The average Bonchev–Trinajstić information content (AvgIpc) is 2.20. The standard InChI is InChI=1S/C13H14BrF/c1-3-4-5-10(2)8-11-9-12(14)6-7-13(11)15/h6-7,9-10H,3,8H2,1-2H3. The highest BCUT2D eigenvalue weighted by molar-refractivity contribution is 9.10. The van der Waals surface area contributed by atoms with Crippen LogP contribution in [-0.2, 0) is 6.42 Å². The minimum atomic E-state index is -0.150. The number of benzene rings is 1. The number of hydrogen-bond acceptors (Lipinski definition) is 0. The molecule has 2 heteroatoms. The zero-order valence-corrected chi connectivity index (χ0v) is 10.6.